The lowest BCUT2D eigenvalue weighted by Crippen LogP contribution is -2.25. The fourth-order valence-electron chi connectivity index (χ4n) is 2.44. The van der Waals surface area contributed by atoms with E-state index in [1.807, 2.05) is 0 Å². The number of anilines is 2. The fraction of sp³-hybridized carbons (Fsp3) is 0.467. The number of ether oxygens (including phenoxy) is 1. The van der Waals surface area contributed by atoms with Crippen LogP contribution in [0, 0.1) is 0 Å². The van der Waals surface area contributed by atoms with Gasteiger partial charge >= 0.3 is 6.03 Å². The summed E-state index contributed by atoms with van der Waals surface area (Å²) < 4.78 is 5.61. The summed E-state index contributed by atoms with van der Waals surface area (Å²) in [5.74, 6) is -0.197. The number of benzene rings is 1. The largest absolute Gasteiger partial charge is 0.368 e. The van der Waals surface area contributed by atoms with Crippen LogP contribution in [0.2, 0.25) is 0 Å². The van der Waals surface area contributed by atoms with Crippen LogP contribution in [-0.4, -0.2) is 24.6 Å². The maximum atomic E-state index is 11.8. The first-order chi connectivity index (χ1) is 10.1. The van der Waals surface area contributed by atoms with E-state index in [1.54, 1.807) is 24.3 Å². The van der Waals surface area contributed by atoms with Crippen LogP contribution in [0.5, 0.6) is 0 Å². The molecular weight excluding hydrogens is 270 g/mol. The molecule has 0 saturated heterocycles. The number of urea groups is 1. The molecule has 114 valence electrons. The summed E-state index contributed by atoms with van der Waals surface area (Å²) in [5.41, 5.74) is 6.18. The van der Waals surface area contributed by atoms with Crippen molar-refractivity contribution in [1.82, 2.24) is 0 Å². The second-order valence-electron chi connectivity index (χ2n) is 5.19. The van der Waals surface area contributed by atoms with Crippen LogP contribution in [0.25, 0.3) is 0 Å². The van der Waals surface area contributed by atoms with E-state index in [4.69, 9.17) is 10.5 Å². The third-order valence-corrected chi connectivity index (χ3v) is 3.42. The molecule has 0 unspecified atom stereocenters. The lowest BCUT2D eigenvalue weighted by Gasteiger charge is -2.21. The topological polar surface area (TPSA) is 93.5 Å². The van der Waals surface area contributed by atoms with Gasteiger partial charge in [-0.2, -0.15) is 0 Å². The molecule has 6 heteroatoms. The van der Waals surface area contributed by atoms with Crippen molar-refractivity contribution >= 4 is 23.3 Å². The predicted molar refractivity (Wildman–Crippen MR) is 81.1 cm³/mol. The Balaban J connectivity index is 1.80. The number of hydrogen-bond acceptors (Lipinski definition) is 3. The molecule has 0 bridgehead atoms. The van der Waals surface area contributed by atoms with Crippen LogP contribution < -0.4 is 16.4 Å². The molecular formula is C15H21N3O3. The van der Waals surface area contributed by atoms with E-state index >= 15 is 0 Å². The molecule has 0 spiro atoms. The van der Waals surface area contributed by atoms with Gasteiger partial charge in [-0.25, -0.2) is 4.79 Å². The number of carbonyl (C=O) groups is 2. The highest BCUT2D eigenvalue weighted by Gasteiger charge is 2.15. The molecule has 3 amide bonds. The van der Waals surface area contributed by atoms with E-state index in [0.29, 0.717) is 11.4 Å². The van der Waals surface area contributed by atoms with E-state index < -0.39 is 6.03 Å². The summed E-state index contributed by atoms with van der Waals surface area (Å²) in [6, 6.07) is 6.16. The van der Waals surface area contributed by atoms with Gasteiger partial charge in [0, 0.05) is 11.4 Å². The van der Waals surface area contributed by atoms with Crippen molar-refractivity contribution in [2.45, 2.75) is 38.2 Å². The molecule has 0 aliphatic heterocycles. The highest BCUT2D eigenvalue weighted by atomic mass is 16.5. The van der Waals surface area contributed by atoms with Crippen LogP contribution >= 0.6 is 0 Å². The predicted octanol–water partition coefficient (Wildman–Crippen LogP) is 2.47. The number of rotatable bonds is 5. The molecule has 4 N–H and O–H groups in total. The van der Waals surface area contributed by atoms with Crippen molar-refractivity contribution in [3.05, 3.63) is 24.3 Å². The van der Waals surface area contributed by atoms with Crippen LogP contribution in [0.3, 0.4) is 0 Å². The number of nitrogens with two attached hydrogens (primary N) is 1. The Morgan fingerprint density at radius 2 is 1.81 bits per heavy atom. The van der Waals surface area contributed by atoms with Gasteiger partial charge in [-0.3, -0.25) is 4.79 Å². The van der Waals surface area contributed by atoms with Gasteiger partial charge in [0.1, 0.15) is 6.61 Å². The number of amides is 3. The third-order valence-electron chi connectivity index (χ3n) is 3.42. The Bertz CT molecular complexity index is 499. The smallest absolute Gasteiger partial charge is 0.316 e. The monoisotopic (exact) mass is 291 g/mol. The second-order valence-corrected chi connectivity index (χ2v) is 5.19. The van der Waals surface area contributed by atoms with Crippen molar-refractivity contribution in [2.24, 2.45) is 5.73 Å². The summed E-state index contributed by atoms with van der Waals surface area (Å²) in [4.78, 5) is 22.6. The lowest BCUT2D eigenvalue weighted by molar-refractivity contribution is -0.123. The highest BCUT2D eigenvalue weighted by molar-refractivity contribution is 5.93. The number of hydrogen-bond donors (Lipinski definition) is 3. The maximum Gasteiger partial charge on any atom is 0.316 e. The van der Waals surface area contributed by atoms with Crippen LogP contribution in [0.4, 0.5) is 16.2 Å². The van der Waals surface area contributed by atoms with Gasteiger partial charge in [0.15, 0.2) is 0 Å². The van der Waals surface area contributed by atoms with Crippen LogP contribution in [0.15, 0.2) is 24.3 Å². The molecule has 2 rings (SSSR count). The molecule has 1 aromatic carbocycles. The molecule has 0 radical (unpaired) electrons. The van der Waals surface area contributed by atoms with Gasteiger partial charge in [-0.05, 0) is 31.0 Å². The average Bonchev–Trinajstić information content (AvgIpc) is 2.46. The molecule has 1 aliphatic carbocycles. The van der Waals surface area contributed by atoms with Crippen molar-refractivity contribution < 1.29 is 14.3 Å². The summed E-state index contributed by atoms with van der Waals surface area (Å²) in [6.45, 7) is 0.0537. The van der Waals surface area contributed by atoms with Gasteiger partial charge in [-0.1, -0.05) is 25.3 Å². The van der Waals surface area contributed by atoms with E-state index in [2.05, 4.69) is 10.6 Å². The highest BCUT2D eigenvalue weighted by Crippen LogP contribution is 2.20. The van der Waals surface area contributed by atoms with Gasteiger partial charge < -0.3 is 21.1 Å². The minimum Gasteiger partial charge on any atom is -0.368 e. The minimum atomic E-state index is -0.640. The Hall–Kier alpha value is -2.08. The SMILES string of the molecule is NC(=O)Nc1cccc(NC(=O)COC2CCCCC2)c1. The zero-order chi connectivity index (χ0) is 15.1. The lowest BCUT2D eigenvalue weighted by atomic mass is 9.98. The van der Waals surface area contributed by atoms with Crippen LogP contribution in [-0.2, 0) is 9.53 Å². The first-order valence-electron chi connectivity index (χ1n) is 7.21. The normalized spacial score (nSPS) is 15.4. The molecule has 6 nitrogen and oxygen atoms in total. The minimum absolute atomic E-state index is 0.0537. The van der Waals surface area contributed by atoms with Crippen molar-refractivity contribution in [3.63, 3.8) is 0 Å². The Kier molecular flexibility index (Phi) is 5.57. The second kappa shape index (κ2) is 7.64. The molecule has 1 aliphatic rings. The summed E-state index contributed by atoms with van der Waals surface area (Å²) >= 11 is 0. The Labute approximate surface area is 124 Å². The molecule has 21 heavy (non-hydrogen) atoms. The number of primary amides is 1. The quantitative estimate of drug-likeness (QED) is 0.778. The molecule has 0 atom stereocenters. The van der Waals surface area contributed by atoms with E-state index in [1.165, 1.54) is 19.3 Å². The first-order valence-corrected chi connectivity index (χ1v) is 7.21. The third kappa shape index (κ3) is 5.43. The summed E-state index contributed by atoms with van der Waals surface area (Å²) in [7, 11) is 0. The maximum absolute atomic E-state index is 11.8. The van der Waals surface area contributed by atoms with E-state index in [0.717, 1.165) is 12.8 Å². The van der Waals surface area contributed by atoms with Crippen LogP contribution in [0.1, 0.15) is 32.1 Å². The van der Waals surface area contributed by atoms with Gasteiger partial charge in [0.2, 0.25) is 5.91 Å². The Morgan fingerprint density at radius 3 is 2.48 bits per heavy atom. The van der Waals surface area contributed by atoms with Crippen molar-refractivity contribution in [2.75, 3.05) is 17.2 Å². The Morgan fingerprint density at radius 1 is 1.14 bits per heavy atom. The molecule has 1 fully saturated rings. The molecule has 0 aromatic heterocycles. The van der Waals surface area contributed by atoms with Crippen molar-refractivity contribution in [1.29, 1.82) is 0 Å². The number of carbonyl (C=O) groups excluding carboxylic acids is 2. The first kappa shape index (κ1) is 15.3. The number of nitrogens with one attached hydrogen (secondary N) is 2. The van der Waals surface area contributed by atoms with E-state index in [9.17, 15) is 9.59 Å². The average molecular weight is 291 g/mol. The molecule has 0 heterocycles. The van der Waals surface area contributed by atoms with Gasteiger partial charge in [0.05, 0.1) is 6.10 Å². The molecule has 1 saturated carbocycles. The molecule has 1 aromatic rings. The van der Waals surface area contributed by atoms with E-state index in [-0.39, 0.29) is 18.6 Å². The van der Waals surface area contributed by atoms with Gasteiger partial charge in [-0.15, -0.1) is 0 Å². The fourth-order valence-corrected chi connectivity index (χ4v) is 2.44. The van der Waals surface area contributed by atoms with Crippen molar-refractivity contribution in [3.8, 4) is 0 Å². The zero-order valence-corrected chi connectivity index (χ0v) is 11.9. The standard InChI is InChI=1S/C15H21N3O3/c16-15(20)18-12-6-4-5-11(9-12)17-14(19)10-21-13-7-2-1-3-8-13/h4-6,9,13H,1-3,7-8,10H2,(H,17,19)(H3,16,18,20). The van der Waals surface area contributed by atoms with Gasteiger partial charge in [0.25, 0.3) is 0 Å². The summed E-state index contributed by atoms with van der Waals surface area (Å²) in [5, 5.41) is 5.20. The summed E-state index contributed by atoms with van der Waals surface area (Å²) in [6.07, 6.45) is 5.87. The zero-order valence-electron chi connectivity index (χ0n) is 11.9.